The topological polar surface area (TPSA) is 87.0 Å². The van der Waals surface area contributed by atoms with E-state index in [1.54, 1.807) is 6.92 Å². The minimum absolute atomic E-state index is 0.283. The smallest absolute Gasteiger partial charge is 0.333 e. The van der Waals surface area contributed by atoms with Gasteiger partial charge < -0.3 is 20.1 Å². The first-order chi connectivity index (χ1) is 14.1. The van der Waals surface area contributed by atoms with Gasteiger partial charge in [-0.15, -0.1) is 0 Å². The van der Waals surface area contributed by atoms with Crippen molar-refractivity contribution < 1.29 is 24.9 Å². The van der Waals surface area contributed by atoms with Gasteiger partial charge in [-0.05, 0) is 32.6 Å². The van der Waals surface area contributed by atoms with Crippen molar-refractivity contribution in [1.82, 2.24) is 0 Å². The molecule has 0 amide bonds. The fraction of sp³-hybridized carbons (Fsp3) is 0.875. The summed E-state index contributed by atoms with van der Waals surface area (Å²) in [6.07, 6.45) is 18.3. The predicted octanol–water partition coefficient (Wildman–Crippen LogP) is 5.31. The van der Waals surface area contributed by atoms with Crippen LogP contribution in [0.2, 0.25) is 0 Å². The van der Waals surface area contributed by atoms with E-state index in [4.69, 9.17) is 20.1 Å². The summed E-state index contributed by atoms with van der Waals surface area (Å²) in [6.45, 7) is 6.69. The van der Waals surface area contributed by atoms with Gasteiger partial charge in [0.15, 0.2) is 0 Å². The first kappa shape index (κ1) is 30.3. The number of hydrogen-bond acceptors (Lipinski definition) is 5. The van der Waals surface area contributed by atoms with Gasteiger partial charge in [0.05, 0.1) is 6.61 Å². The second-order valence-corrected chi connectivity index (χ2v) is 7.74. The highest BCUT2D eigenvalue weighted by Gasteiger charge is 2.01. The van der Waals surface area contributed by atoms with E-state index in [9.17, 15) is 4.79 Å². The summed E-state index contributed by atoms with van der Waals surface area (Å²) in [7, 11) is 0. The number of aliphatic hydroxyl groups is 3. The number of ether oxygens (including phenoxy) is 1. The van der Waals surface area contributed by atoms with Gasteiger partial charge in [-0.3, -0.25) is 0 Å². The van der Waals surface area contributed by atoms with Crippen LogP contribution in [-0.2, 0) is 9.53 Å². The monoisotopic (exact) mass is 416 g/mol. The van der Waals surface area contributed by atoms with Crippen molar-refractivity contribution in [2.45, 2.75) is 110 Å². The minimum Gasteiger partial charge on any atom is -0.462 e. The first-order valence-electron chi connectivity index (χ1n) is 11.7. The first-order valence-corrected chi connectivity index (χ1v) is 11.7. The molecule has 29 heavy (non-hydrogen) atoms. The van der Waals surface area contributed by atoms with Gasteiger partial charge in [-0.1, -0.05) is 83.6 Å². The summed E-state index contributed by atoms with van der Waals surface area (Å²) in [5.41, 5.74) is 0.467. The molecule has 0 unspecified atom stereocenters. The Morgan fingerprint density at radius 3 is 1.14 bits per heavy atom. The zero-order chi connectivity index (χ0) is 22.0. The van der Waals surface area contributed by atoms with Gasteiger partial charge in [-0.25, -0.2) is 4.79 Å². The lowest BCUT2D eigenvalue weighted by Gasteiger charge is -2.04. The molecule has 0 atom stereocenters. The van der Waals surface area contributed by atoms with Crippen LogP contribution in [0.1, 0.15) is 110 Å². The minimum atomic E-state index is -0.283. The van der Waals surface area contributed by atoms with Crippen LogP contribution in [0.4, 0.5) is 0 Å². The van der Waals surface area contributed by atoms with Gasteiger partial charge >= 0.3 is 5.97 Å². The second kappa shape index (κ2) is 27.1. The van der Waals surface area contributed by atoms with E-state index in [1.165, 1.54) is 51.4 Å². The summed E-state index contributed by atoms with van der Waals surface area (Å²) in [6, 6.07) is 0. The quantitative estimate of drug-likeness (QED) is 0.142. The van der Waals surface area contributed by atoms with E-state index in [1.807, 2.05) is 0 Å². The van der Waals surface area contributed by atoms with Gasteiger partial charge in [0.2, 0.25) is 0 Å². The third-order valence-electron chi connectivity index (χ3n) is 4.70. The maximum atomic E-state index is 11.0. The van der Waals surface area contributed by atoms with E-state index in [2.05, 4.69) is 6.58 Å². The van der Waals surface area contributed by atoms with E-state index in [0.717, 1.165) is 51.4 Å². The van der Waals surface area contributed by atoms with Crippen molar-refractivity contribution >= 4 is 5.97 Å². The largest absolute Gasteiger partial charge is 0.462 e. The maximum absolute atomic E-state index is 11.0. The Bertz CT molecular complexity index is 334. The van der Waals surface area contributed by atoms with E-state index >= 15 is 0 Å². The molecule has 5 nitrogen and oxygen atoms in total. The number of hydrogen-bond donors (Lipinski definition) is 3. The maximum Gasteiger partial charge on any atom is 0.333 e. The highest BCUT2D eigenvalue weighted by atomic mass is 16.5. The highest BCUT2D eigenvalue weighted by molar-refractivity contribution is 5.86. The van der Waals surface area contributed by atoms with Gasteiger partial charge in [0, 0.05) is 25.4 Å². The Morgan fingerprint density at radius 1 is 0.586 bits per heavy atom. The molecule has 3 N–H and O–H groups in total. The lowest BCUT2D eigenvalue weighted by atomic mass is 10.1. The van der Waals surface area contributed by atoms with Crippen molar-refractivity contribution in [2.75, 3.05) is 26.4 Å². The molecule has 0 fully saturated rings. The summed E-state index contributed by atoms with van der Waals surface area (Å²) in [4.78, 5) is 11.0. The fourth-order valence-corrected chi connectivity index (χ4v) is 2.85. The van der Waals surface area contributed by atoms with Crippen LogP contribution in [0.5, 0.6) is 0 Å². The van der Waals surface area contributed by atoms with Gasteiger partial charge in [-0.2, -0.15) is 0 Å². The Kier molecular flexibility index (Phi) is 28.3. The number of aliphatic hydroxyl groups excluding tert-OH is 3. The normalized spacial score (nSPS) is 10.3. The molecule has 0 aliphatic heterocycles. The van der Waals surface area contributed by atoms with Crippen LogP contribution in [0.25, 0.3) is 0 Å². The molecule has 0 aromatic carbocycles. The lowest BCUT2D eigenvalue weighted by Crippen LogP contribution is -2.05. The van der Waals surface area contributed by atoms with E-state index in [-0.39, 0.29) is 5.97 Å². The van der Waals surface area contributed by atoms with Crippen LogP contribution in [0.15, 0.2) is 12.2 Å². The number of carbonyl (C=O) groups is 1. The Labute approximate surface area is 179 Å². The van der Waals surface area contributed by atoms with Crippen LogP contribution < -0.4 is 0 Å². The number of esters is 1. The molecule has 0 bridgehead atoms. The lowest BCUT2D eigenvalue weighted by molar-refractivity contribution is -0.139. The van der Waals surface area contributed by atoms with Gasteiger partial charge in [0.25, 0.3) is 0 Å². The molecule has 0 spiro atoms. The highest BCUT2D eigenvalue weighted by Crippen LogP contribution is 2.09. The third kappa shape index (κ3) is 29.4. The number of unbranched alkanes of at least 4 members (excludes halogenated alkanes) is 14. The van der Waals surface area contributed by atoms with Crippen LogP contribution in [0.3, 0.4) is 0 Å². The summed E-state index contributed by atoms with van der Waals surface area (Å²) < 4.78 is 5.00. The molecule has 0 aromatic heterocycles. The second-order valence-electron chi connectivity index (χ2n) is 7.74. The molecule has 0 saturated carbocycles. The summed E-state index contributed by atoms with van der Waals surface area (Å²) in [5.74, 6) is -0.283. The Hall–Kier alpha value is -0.910. The molecule has 0 radical (unpaired) electrons. The molecule has 5 heteroatoms. The Balaban J connectivity index is 0. The summed E-state index contributed by atoms with van der Waals surface area (Å²) in [5, 5.41) is 25.6. The van der Waals surface area contributed by atoms with E-state index in [0.29, 0.717) is 32.0 Å². The molecular formula is C24H48O5. The average molecular weight is 417 g/mol. The van der Waals surface area contributed by atoms with Crippen molar-refractivity contribution in [3.05, 3.63) is 12.2 Å². The molecule has 0 rings (SSSR count). The molecule has 0 aliphatic carbocycles. The average Bonchev–Trinajstić information content (AvgIpc) is 2.71. The SMILES string of the molecule is C=C(C)C(=O)OCCCCCCCCCCO.OCCCCCCCCCCO. The zero-order valence-corrected chi connectivity index (χ0v) is 19.0. The molecule has 0 aromatic rings. The van der Waals surface area contributed by atoms with Crippen LogP contribution >= 0.6 is 0 Å². The molecular weight excluding hydrogens is 368 g/mol. The van der Waals surface area contributed by atoms with Crippen molar-refractivity contribution in [2.24, 2.45) is 0 Å². The van der Waals surface area contributed by atoms with Gasteiger partial charge in [0.1, 0.15) is 0 Å². The standard InChI is InChI=1S/C14H26O3.C10H22O2/c1-13(2)14(16)17-12-10-8-6-4-3-5-7-9-11-15;11-9-7-5-3-1-2-4-6-8-10-12/h15H,1,3-12H2,2H3;11-12H,1-10H2. The van der Waals surface area contributed by atoms with Crippen molar-refractivity contribution in [3.8, 4) is 0 Å². The van der Waals surface area contributed by atoms with Crippen LogP contribution in [-0.4, -0.2) is 47.7 Å². The summed E-state index contributed by atoms with van der Waals surface area (Å²) >= 11 is 0. The Morgan fingerprint density at radius 2 is 0.862 bits per heavy atom. The molecule has 0 heterocycles. The fourth-order valence-electron chi connectivity index (χ4n) is 2.85. The third-order valence-corrected chi connectivity index (χ3v) is 4.70. The zero-order valence-electron chi connectivity index (χ0n) is 19.0. The van der Waals surface area contributed by atoms with Crippen molar-refractivity contribution in [3.63, 3.8) is 0 Å². The van der Waals surface area contributed by atoms with E-state index < -0.39 is 0 Å². The van der Waals surface area contributed by atoms with Crippen LogP contribution in [0, 0.1) is 0 Å². The molecule has 0 saturated heterocycles. The molecule has 174 valence electrons. The van der Waals surface area contributed by atoms with Crippen molar-refractivity contribution in [1.29, 1.82) is 0 Å². The molecule has 0 aliphatic rings. The number of rotatable bonds is 20. The number of carbonyl (C=O) groups excluding carboxylic acids is 1. The predicted molar refractivity (Wildman–Crippen MR) is 121 cm³/mol.